The summed E-state index contributed by atoms with van der Waals surface area (Å²) in [6.45, 7) is 1.82. The number of aromatic carboxylic acids is 1. The van der Waals surface area contributed by atoms with Gasteiger partial charge in [0.1, 0.15) is 4.88 Å². The smallest absolute Gasteiger partial charge is 0.345 e. The van der Waals surface area contributed by atoms with E-state index < -0.39 is 11.6 Å². The Morgan fingerprint density at radius 2 is 2.04 bits per heavy atom. The van der Waals surface area contributed by atoms with Crippen LogP contribution in [0.4, 0.5) is 0 Å². The second-order valence-corrected chi connectivity index (χ2v) is 8.61. The largest absolute Gasteiger partial charge is 0.477 e. The number of halogens is 1. The molecule has 1 N–H and O–H groups in total. The third kappa shape index (κ3) is 3.61. The molecular formula is C20H20ClNO4S. The van der Waals surface area contributed by atoms with Gasteiger partial charge in [-0.05, 0) is 42.2 Å². The van der Waals surface area contributed by atoms with E-state index in [-0.39, 0.29) is 5.91 Å². The summed E-state index contributed by atoms with van der Waals surface area (Å²) in [5, 5.41) is 9.93. The van der Waals surface area contributed by atoms with E-state index in [2.05, 4.69) is 0 Å². The lowest BCUT2D eigenvalue weighted by Crippen LogP contribution is -2.48. The molecule has 2 aromatic rings. The number of carbonyl (C=O) groups is 2. The molecule has 0 aliphatic carbocycles. The molecule has 1 amide bonds. The van der Waals surface area contributed by atoms with Gasteiger partial charge < -0.3 is 14.7 Å². The first-order valence-electron chi connectivity index (χ1n) is 8.99. The number of piperidine rings is 1. The monoisotopic (exact) mass is 405 g/mol. The fraction of sp³-hybridized carbons (Fsp3) is 0.400. The molecule has 1 saturated heterocycles. The van der Waals surface area contributed by atoms with Gasteiger partial charge in [0.2, 0.25) is 5.91 Å². The van der Waals surface area contributed by atoms with Gasteiger partial charge in [0, 0.05) is 29.4 Å². The fourth-order valence-electron chi connectivity index (χ4n) is 3.99. The van der Waals surface area contributed by atoms with Crippen molar-refractivity contribution in [3.63, 3.8) is 0 Å². The van der Waals surface area contributed by atoms with Gasteiger partial charge in [-0.25, -0.2) is 4.79 Å². The molecule has 1 fully saturated rings. The number of carboxylic acid groups (broad SMARTS) is 1. The molecule has 2 aliphatic heterocycles. The first-order chi connectivity index (χ1) is 13.0. The molecule has 0 bridgehead atoms. The minimum absolute atomic E-state index is 0.0830. The average Bonchev–Trinajstić information content (AvgIpc) is 3.09. The highest BCUT2D eigenvalue weighted by Crippen LogP contribution is 2.44. The van der Waals surface area contributed by atoms with Crippen molar-refractivity contribution in [1.82, 2.24) is 4.90 Å². The van der Waals surface area contributed by atoms with Crippen LogP contribution < -0.4 is 0 Å². The summed E-state index contributed by atoms with van der Waals surface area (Å²) < 4.78 is 6.15. The standard InChI is InChI=1S/C20H20ClNO4S/c21-14-3-1-2-13(10-14)11-18(23)22-7-5-20(6-8-22)15-12-17(19(24)25)27-16(15)4-9-26-20/h1-3,10,12H,4-9,11H2,(H,24,25). The van der Waals surface area contributed by atoms with Crippen LogP contribution in [0.1, 0.15) is 38.5 Å². The summed E-state index contributed by atoms with van der Waals surface area (Å²) in [7, 11) is 0. The fourth-order valence-corrected chi connectivity index (χ4v) is 5.27. The maximum absolute atomic E-state index is 12.7. The summed E-state index contributed by atoms with van der Waals surface area (Å²) in [6, 6.07) is 9.14. The van der Waals surface area contributed by atoms with E-state index in [0.717, 1.165) is 22.4 Å². The van der Waals surface area contributed by atoms with Crippen LogP contribution in [0.3, 0.4) is 0 Å². The van der Waals surface area contributed by atoms with E-state index in [1.165, 1.54) is 11.3 Å². The van der Waals surface area contributed by atoms with E-state index in [4.69, 9.17) is 16.3 Å². The molecule has 27 heavy (non-hydrogen) atoms. The number of fused-ring (bicyclic) bond motifs is 2. The van der Waals surface area contributed by atoms with Crippen LogP contribution in [-0.2, 0) is 28.0 Å². The molecule has 1 aromatic carbocycles. The Morgan fingerprint density at radius 3 is 2.74 bits per heavy atom. The second kappa shape index (κ2) is 7.26. The van der Waals surface area contributed by atoms with E-state index in [9.17, 15) is 14.7 Å². The van der Waals surface area contributed by atoms with Crippen molar-refractivity contribution in [2.75, 3.05) is 19.7 Å². The summed E-state index contributed by atoms with van der Waals surface area (Å²) >= 11 is 7.35. The normalized spacial score (nSPS) is 18.3. The van der Waals surface area contributed by atoms with Crippen LogP contribution in [-0.4, -0.2) is 41.6 Å². The molecule has 142 valence electrons. The SMILES string of the molecule is O=C(O)c1cc2c(s1)CCOC21CCN(C(=O)Cc2cccc(Cl)c2)CC1. The first-order valence-corrected chi connectivity index (χ1v) is 10.2. The average molecular weight is 406 g/mol. The Morgan fingerprint density at radius 1 is 1.26 bits per heavy atom. The topological polar surface area (TPSA) is 66.8 Å². The molecule has 7 heteroatoms. The van der Waals surface area contributed by atoms with Crippen LogP contribution in [0.5, 0.6) is 0 Å². The number of hydrogen-bond donors (Lipinski definition) is 1. The van der Waals surface area contributed by atoms with Gasteiger partial charge in [-0.1, -0.05) is 23.7 Å². The highest BCUT2D eigenvalue weighted by Gasteiger charge is 2.43. The lowest BCUT2D eigenvalue weighted by atomic mass is 9.82. The molecule has 1 aromatic heterocycles. The third-order valence-electron chi connectivity index (χ3n) is 5.39. The van der Waals surface area contributed by atoms with Crippen molar-refractivity contribution in [2.45, 2.75) is 31.3 Å². The van der Waals surface area contributed by atoms with Crippen LogP contribution in [0.15, 0.2) is 30.3 Å². The summed E-state index contributed by atoms with van der Waals surface area (Å²) in [6.07, 6.45) is 2.47. The van der Waals surface area contributed by atoms with Crippen molar-refractivity contribution in [3.05, 3.63) is 56.2 Å². The first kappa shape index (κ1) is 18.5. The Bertz CT molecular complexity index is 886. The lowest BCUT2D eigenvalue weighted by Gasteiger charge is -2.44. The molecule has 5 nitrogen and oxygen atoms in total. The molecule has 0 saturated carbocycles. The van der Waals surface area contributed by atoms with E-state index in [1.807, 2.05) is 23.1 Å². The van der Waals surface area contributed by atoms with Crippen LogP contribution >= 0.6 is 22.9 Å². The van der Waals surface area contributed by atoms with Gasteiger partial charge in [0.15, 0.2) is 0 Å². The molecule has 1 spiro atoms. The van der Waals surface area contributed by atoms with Gasteiger partial charge in [-0.3, -0.25) is 4.79 Å². The second-order valence-electron chi connectivity index (χ2n) is 7.03. The molecule has 3 heterocycles. The molecular weight excluding hydrogens is 386 g/mol. The Balaban J connectivity index is 1.46. The molecule has 4 rings (SSSR count). The highest BCUT2D eigenvalue weighted by atomic mass is 35.5. The van der Waals surface area contributed by atoms with Gasteiger partial charge in [-0.2, -0.15) is 0 Å². The quantitative estimate of drug-likeness (QED) is 0.844. The van der Waals surface area contributed by atoms with Crippen LogP contribution in [0, 0.1) is 0 Å². The van der Waals surface area contributed by atoms with E-state index in [1.54, 1.807) is 12.1 Å². The number of benzene rings is 1. The number of hydrogen-bond acceptors (Lipinski definition) is 4. The van der Waals surface area contributed by atoms with Gasteiger partial charge >= 0.3 is 5.97 Å². The lowest BCUT2D eigenvalue weighted by molar-refractivity contribution is -0.139. The minimum atomic E-state index is -0.890. The molecule has 0 unspecified atom stereocenters. The van der Waals surface area contributed by atoms with Gasteiger partial charge in [0.05, 0.1) is 18.6 Å². The van der Waals surface area contributed by atoms with Crippen molar-refractivity contribution in [1.29, 1.82) is 0 Å². The predicted molar refractivity (Wildman–Crippen MR) is 104 cm³/mol. The number of thiophene rings is 1. The molecule has 0 atom stereocenters. The number of rotatable bonds is 3. The minimum Gasteiger partial charge on any atom is -0.477 e. The Labute approximate surface area is 166 Å². The van der Waals surface area contributed by atoms with Gasteiger partial charge in [-0.15, -0.1) is 11.3 Å². The number of ether oxygens (including phenoxy) is 1. The number of amides is 1. The maximum Gasteiger partial charge on any atom is 0.345 e. The zero-order valence-electron chi connectivity index (χ0n) is 14.7. The molecule has 0 radical (unpaired) electrons. The molecule has 2 aliphatic rings. The van der Waals surface area contributed by atoms with Crippen LogP contribution in [0.2, 0.25) is 5.02 Å². The number of nitrogens with zero attached hydrogens (tertiary/aromatic N) is 1. The maximum atomic E-state index is 12.7. The Kier molecular flexibility index (Phi) is 4.97. The van der Waals surface area contributed by atoms with E-state index in [0.29, 0.717) is 48.9 Å². The van der Waals surface area contributed by atoms with Crippen LogP contribution in [0.25, 0.3) is 0 Å². The summed E-state index contributed by atoms with van der Waals surface area (Å²) in [4.78, 5) is 27.3. The number of carbonyl (C=O) groups excluding carboxylic acids is 1. The number of carboxylic acids is 1. The third-order valence-corrected chi connectivity index (χ3v) is 6.80. The zero-order chi connectivity index (χ0) is 19.0. The van der Waals surface area contributed by atoms with Crippen molar-refractivity contribution in [2.24, 2.45) is 0 Å². The summed E-state index contributed by atoms with van der Waals surface area (Å²) in [5.74, 6) is -0.807. The van der Waals surface area contributed by atoms with Gasteiger partial charge in [0.25, 0.3) is 0 Å². The number of likely N-dealkylation sites (tertiary alicyclic amines) is 1. The summed E-state index contributed by atoms with van der Waals surface area (Å²) in [5.41, 5.74) is 1.47. The Hall–Kier alpha value is -1.89. The predicted octanol–water partition coefficient (Wildman–Crippen LogP) is 3.73. The van der Waals surface area contributed by atoms with Crippen molar-refractivity contribution >= 4 is 34.8 Å². The van der Waals surface area contributed by atoms with Crippen molar-refractivity contribution < 1.29 is 19.4 Å². The van der Waals surface area contributed by atoms with Crippen molar-refractivity contribution in [3.8, 4) is 0 Å². The van der Waals surface area contributed by atoms with E-state index >= 15 is 0 Å². The zero-order valence-corrected chi connectivity index (χ0v) is 16.3. The highest BCUT2D eigenvalue weighted by molar-refractivity contribution is 7.14.